The van der Waals surface area contributed by atoms with Gasteiger partial charge in [-0.15, -0.1) is 0 Å². The summed E-state index contributed by atoms with van der Waals surface area (Å²) in [7, 11) is 3.18. The summed E-state index contributed by atoms with van der Waals surface area (Å²) in [6.07, 6.45) is 2.86. The Morgan fingerprint density at radius 3 is 2.62 bits per heavy atom. The van der Waals surface area contributed by atoms with Crippen LogP contribution < -0.4 is 5.32 Å². The number of nitrogens with zero attached hydrogens (tertiary/aromatic N) is 1. The number of methoxy groups -OCH3 is 1. The molecule has 0 aromatic heterocycles. The van der Waals surface area contributed by atoms with E-state index in [-0.39, 0.29) is 24.0 Å². The lowest BCUT2D eigenvalue weighted by molar-refractivity contribution is -0.144. The number of carbonyl (C=O) groups is 2. The summed E-state index contributed by atoms with van der Waals surface area (Å²) in [6.45, 7) is 0.759. The Labute approximate surface area is 95.1 Å². The van der Waals surface area contributed by atoms with E-state index >= 15 is 0 Å². The van der Waals surface area contributed by atoms with Crippen molar-refractivity contribution in [3.05, 3.63) is 0 Å². The Morgan fingerprint density at radius 1 is 1.50 bits per heavy atom. The summed E-state index contributed by atoms with van der Waals surface area (Å²) in [6, 6.07) is -0.514. The molecule has 1 saturated heterocycles. The van der Waals surface area contributed by atoms with Gasteiger partial charge in [0.1, 0.15) is 6.04 Å². The van der Waals surface area contributed by atoms with Gasteiger partial charge in [0.15, 0.2) is 0 Å². The average Bonchev–Trinajstić information content (AvgIpc) is 3.07. The number of nitrogens with one attached hydrogen (secondary N) is 1. The van der Waals surface area contributed by atoms with Crippen molar-refractivity contribution >= 4 is 11.9 Å². The first-order chi connectivity index (χ1) is 7.63. The average molecular weight is 226 g/mol. The van der Waals surface area contributed by atoms with E-state index in [4.69, 9.17) is 4.74 Å². The van der Waals surface area contributed by atoms with Gasteiger partial charge in [0.05, 0.1) is 13.2 Å². The van der Waals surface area contributed by atoms with Gasteiger partial charge in [-0.2, -0.15) is 0 Å². The van der Waals surface area contributed by atoms with E-state index in [0.717, 1.165) is 25.8 Å². The van der Waals surface area contributed by atoms with Crippen molar-refractivity contribution in [2.24, 2.45) is 5.92 Å². The van der Waals surface area contributed by atoms with Crippen molar-refractivity contribution in [3.63, 3.8) is 0 Å². The largest absolute Gasteiger partial charge is 0.468 e. The fourth-order valence-electron chi connectivity index (χ4n) is 2.15. The summed E-state index contributed by atoms with van der Waals surface area (Å²) in [5, 5.41) is 3.14. The molecule has 5 heteroatoms. The normalized spacial score (nSPS) is 27.0. The fraction of sp³-hybridized carbons (Fsp3) is 0.818. The molecule has 0 aromatic carbocycles. The summed E-state index contributed by atoms with van der Waals surface area (Å²) >= 11 is 0. The van der Waals surface area contributed by atoms with Gasteiger partial charge in [0, 0.05) is 13.6 Å². The molecule has 1 aliphatic heterocycles. The predicted octanol–water partition coefficient (Wildman–Crippen LogP) is -0.242. The molecule has 1 amide bonds. The molecule has 1 N–H and O–H groups in total. The number of esters is 1. The van der Waals surface area contributed by atoms with E-state index in [0.29, 0.717) is 5.92 Å². The molecule has 90 valence electrons. The van der Waals surface area contributed by atoms with Crippen molar-refractivity contribution in [2.75, 3.05) is 20.7 Å². The number of hydrogen-bond donors (Lipinski definition) is 1. The molecule has 1 heterocycles. The number of likely N-dealkylation sites (tertiary alicyclic amines) is 1. The molecule has 0 spiro atoms. The highest BCUT2D eigenvalue weighted by Crippen LogP contribution is 2.33. The van der Waals surface area contributed by atoms with Crippen LogP contribution in [-0.2, 0) is 14.3 Å². The zero-order chi connectivity index (χ0) is 11.7. The van der Waals surface area contributed by atoms with E-state index < -0.39 is 0 Å². The number of rotatable bonds is 4. The lowest BCUT2D eigenvalue weighted by atomic mass is 10.1. The van der Waals surface area contributed by atoms with E-state index in [2.05, 4.69) is 5.32 Å². The van der Waals surface area contributed by atoms with Crippen LogP contribution in [0, 0.1) is 5.92 Å². The number of likely N-dealkylation sites (N-methyl/N-ethyl adjacent to an activating group) is 1. The Morgan fingerprint density at radius 2 is 2.19 bits per heavy atom. The van der Waals surface area contributed by atoms with E-state index in [1.807, 2.05) is 0 Å². The maximum absolute atomic E-state index is 11.7. The molecular weight excluding hydrogens is 208 g/mol. The zero-order valence-corrected chi connectivity index (χ0v) is 9.73. The highest BCUT2D eigenvalue weighted by atomic mass is 16.5. The third-order valence-electron chi connectivity index (χ3n) is 3.36. The summed E-state index contributed by atoms with van der Waals surface area (Å²) in [4.78, 5) is 25.0. The smallest absolute Gasteiger partial charge is 0.323 e. The van der Waals surface area contributed by atoms with Gasteiger partial charge < -0.3 is 9.64 Å². The molecule has 2 aliphatic rings. The first-order valence-electron chi connectivity index (χ1n) is 5.72. The van der Waals surface area contributed by atoms with Crippen molar-refractivity contribution in [1.82, 2.24) is 10.2 Å². The van der Waals surface area contributed by atoms with Crippen LogP contribution in [0.1, 0.15) is 19.3 Å². The van der Waals surface area contributed by atoms with Crippen LogP contribution in [-0.4, -0.2) is 49.6 Å². The second-order valence-corrected chi connectivity index (χ2v) is 4.61. The highest BCUT2D eigenvalue weighted by molar-refractivity contribution is 5.85. The van der Waals surface area contributed by atoms with Gasteiger partial charge in [-0.05, 0) is 25.2 Å². The first kappa shape index (κ1) is 11.4. The minimum Gasteiger partial charge on any atom is -0.468 e. The van der Waals surface area contributed by atoms with Crippen LogP contribution in [0.3, 0.4) is 0 Å². The molecule has 2 rings (SSSR count). The van der Waals surface area contributed by atoms with Crippen molar-refractivity contribution in [2.45, 2.75) is 31.3 Å². The molecule has 0 bridgehead atoms. The van der Waals surface area contributed by atoms with Gasteiger partial charge in [-0.25, -0.2) is 0 Å². The van der Waals surface area contributed by atoms with Gasteiger partial charge >= 0.3 is 5.97 Å². The fourth-order valence-corrected chi connectivity index (χ4v) is 2.15. The first-order valence-corrected chi connectivity index (χ1v) is 5.72. The minimum atomic E-state index is -0.301. The van der Waals surface area contributed by atoms with Crippen molar-refractivity contribution in [3.8, 4) is 0 Å². The van der Waals surface area contributed by atoms with Gasteiger partial charge in [-0.3, -0.25) is 14.9 Å². The van der Waals surface area contributed by atoms with Crippen LogP contribution >= 0.6 is 0 Å². The second kappa shape index (κ2) is 4.41. The number of hydrogen-bond acceptors (Lipinski definition) is 4. The highest BCUT2D eigenvalue weighted by Gasteiger charge is 2.41. The van der Waals surface area contributed by atoms with Gasteiger partial charge in [0.25, 0.3) is 0 Å². The second-order valence-electron chi connectivity index (χ2n) is 4.61. The number of ether oxygens (including phenoxy) is 1. The topological polar surface area (TPSA) is 58.6 Å². The Balaban J connectivity index is 1.95. The molecule has 2 fully saturated rings. The quantitative estimate of drug-likeness (QED) is 0.672. The molecule has 5 nitrogen and oxygen atoms in total. The molecule has 16 heavy (non-hydrogen) atoms. The van der Waals surface area contributed by atoms with E-state index in [9.17, 15) is 9.59 Å². The third-order valence-corrected chi connectivity index (χ3v) is 3.36. The van der Waals surface area contributed by atoms with Gasteiger partial charge in [-0.1, -0.05) is 0 Å². The van der Waals surface area contributed by atoms with Crippen LogP contribution in [0.4, 0.5) is 0 Å². The Bertz CT molecular complexity index is 302. The molecule has 2 atom stereocenters. The van der Waals surface area contributed by atoms with Crippen LogP contribution in [0.2, 0.25) is 0 Å². The maximum Gasteiger partial charge on any atom is 0.323 e. The summed E-state index contributed by atoms with van der Waals surface area (Å²) in [5.74, 6) is 0.186. The molecule has 1 saturated carbocycles. The Hall–Kier alpha value is -1.10. The van der Waals surface area contributed by atoms with Crippen molar-refractivity contribution in [1.29, 1.82) is 0 Å². The predicted molar refractivity (Wildman–Crippen MR) is 57.7 cm³/mol. The monoisotopic (exact) mass is 226 g/mol. The van der Waals surface area contributed by atoms with Crippen molar-refractivity contribution < 1.29 is 14.3 Å². The summed E-state index contributed by atoms with van der Waals surface area (Å²) < 4.78 is 4.76. The Kier molecular flexibility index (Phi) is 3.14. The number of amides is 1. The van der Waals surface area contributed by atoms with Crippen LogP contribution in [0.25, 0.3) is 0 Å². The molecule has 0 unspecified atom stereocenters. The molecule has 1 aliphatic carbocycles. The lowest BCUT2D eigenvalue weighted by Crippen LogP contribution is -2.48. The van der Waals surface area contributed by atoms with E-state index in [1.54, 1.807) is 11.9 Å². The molecule has 0 radical (unpaired) electrons. The zero-order valence-electron chi connectivity index (χ0n) is 9.73. The van der Waals surface area contributed by atoms with Crippen LogP contribution in [0.15, 0.2) is 0 Å². The molecule has 0 aromatic rings. The number of carbonyl (C=O) groups excluding carboxylic acids is 2. The van der Waals surface area contributed by atoms with Crippen LogP contribution in [0.5, 0.6) is 0 Å². The van der Waals surface area contributed by atoms with Gasteiger partial charge in [0.2, 0.25) is 5.91 Å². The third kappa shape index (κ3) is 2.19. The lowest BCUT2D eigenvalue weighted by Gasteiger charge is -2.19. The minimum absolute atomic E-state index is 0.0783. The SMILES string of the molecule is COC(=O)[C@@H](N[C@@H]1CCN(C)C1=O)C1CC1. The summed E-state index contributed by atoms with van der Waals surface area (Å²) in [5.41, 5.74) is 0. The standard InChI is InChI=1S/C11H18N2O3/c1-13-6-5-8(10(13)14)12-9(7-3-4-7)11(15)16-2/h7-9,12H,3-6H2,1-2H3/t8-,9+/m1/s1. The van der Waals surface area contributed by atoms with E-state index in [1.165, 1.54) is 7.11 Å². The molecular formula is C11H18N2O3. The maximum atomic E-state index is 11.7.